The van der Waals surface area contributed by atoms with Gasteiger partial charge in [0.15, 0.2) is 5.65 Å². The summed E-state index contributed by atoms with van der Waals surface area (Å²) in [6.45, 7) is 4.78. The number of aromatic nitrogens is 3. The van der Waals surface area contributed by atoms with Crippen LogP contribution < -0.4 is 4.90 Å². The summed E-state index contributed by atoms with van der Waals surface area (Å²) in [5, 5.41) is 1.66. The van der Waals surface area contributed by atoms with E-state index >= 15 is 0 Å². The quantitative estimate of drug-likeness (QED) is 0.452. The van der Waals surface area contributed by atoms with Crippen LogP contribution in [-0.2, 0) is 4.79 Å². The minimum absolute atomic E-state index is 0.201. The Labute approximate surface area is 192 Å². The molecule has 0 bridgehead atoms. The third kappa shape index (κ3) is 3.60. The van der Waals surface area contributed by atoms with E-state index in [0.717, 1.165) is 46.8 Å². The molecule has 162 valence electrons. The molecule has 32 heavy (non-hydrogen) atoms. The lowest BCUT2D eigenvalue weighted by molar-refractivity contribution is -0.131. The van der Waals surface area contributed by atoms with Crippen molar-refractivity contribution in [2.75, 3.05) is 31.1 Å². The van der Waals surface area contributed by atoms with Crippen LogP contribution in [0, 0.1) is 0 Å². The number of hydrogen-bond donors (Lipinski definition) is 0. The summed E-state index contributed by atoms with van der Waals surface area (Å²) in [6.07, 6.45) is 4.25. The van der Waals surface area contributed by atoms with E-state index in [2.05, 4.69) is 28.2 Å². The van der Waals surface area contributed by atoms with Gasteiger partial charge in [0.2, 0.25) is 5.91 Å². The summed E-state index contributed by atoms with van der Waals surface area (Å²) < 4.78 is 2.04. The van der Waals surface area contributed by atoms with Crippen molar-refractivity contribution in [2.24, 2.45) is 0 Å². The third-order valence-corrected chi connectivity index (χ3v) is 6.31. The number of nitrogens with zero attached hydrogens (tertiary/aromatic N) is 5. The molecule has 0 N–H and O–H groups in total. The van der Waals surface area contributed by atoms with Crippen LogP contribution in [0.3, 0.4) is 0 Å². The molecule has 6 nitrogen and oxygen atoms in total. The van der Waals surface area contributed by atoms with Crippen LogP contribution in [0.5, 0.6) is 0 Å². The van der Waals surface area contributed by atoms with Gasteiger partial charge in [0, 0.05) is 44.4 Å². The summed E-state index contributed by atoms with van der Waals surface area (Å²) in [5.41, 5.74) is 3.85. The Morgan fingerprint density at radius 2 is 1.69 bits per heavy atom. The van der Waals surface area contributed by atoms with Crippen molar-refractivity contribution in [1.29, 1.82) is 0 Å². The minimum atomic E-state index is 0.201. The summed E-state index contributed by atoms with van der Waals surface area (Å²) in [6, 6.07) is 18.1. The van der Waals surface area contributed by atoms with Crippen LogP contribution in [0.15, 0.2) is 67.1 Å². The molecule has 0 atom stereocenters. The molecule has 1 aliphatic heterocycles. The van der Waals surface area contributed by atoms with Crippen LogP contribution in [-0.4, -0.2) is 51.5 Å². The number of piperazine rings is 1. The van der Waals surface area contributed by atoms with E-state index in [-0.39, 0.29) is 5.91 Å². The van der Waals surface area contributed by atoms with Crippen LogP contribution in [0.25, 0.3) is 27.8 Å². The topological polar surface area (TPSA) is 54.3 Å². The van der Waals surface area contributed by atoms with Crippen LogP contribution in [0.1, 0.15) is 13.3 Å². The summed E-state index contributed by atoms with van der Waals surface area (Å²) in [5.74, 6) is 1.09. The molecule has 1 aliphatic rings. The van der Waals surface area contributed by atoms with E-state index in [1.807, 2.05) is 58.9 Å². The molecule has 1 saturated heterocycles. The Kier molecular flexibility index (Phi) is 5.53. The Morgan fingerprint density at radius 3 is 2.41 bits per heavy atom. The van der Waals surface area contributed by atoms with Gasteiger partial charge in [0.25, 0.3) is 0 Å². The second-order valence-corrected chi connectivity index (χ2v) is 8.25. The van der Waals surface area contributed by atoms with Crippen molar-refractivity contribution in [3.05, 3.63) is 72.1 Å². The van der Waals surface area contributed by atoms with Crippen molar-refractivity contribution < 1.29 is 4.79 Å². The molecule has 3 heterocycles. The maximum Gasteiger partial charge on any atom is 0.222 e. The van der Waals surface area contributed by atoms with Crippen LogP contribution >= 0.6 is 11.6 Å². The van der Waals surface area contributed by atoms with E-state index in [0.29, 0.717) is 24.5 Å². The first-order valence-corrected chi connectivity index (χ1v) is 11.2. The van der Waals surface area contributed by atoms with Crippen molar-refractivity contribution >= 4 is 34.4 Å². The van der Waals surface area contributed by atoms with Gasteiger partial charge in [-0.05, 0) is 17.7 Å². The van der Waals surface area contributed by atoms with Crippen LogP contribution in [0.4, 0.5) is 5.82 Å². The second kappa shape index (κ2) is 8.63. The third-order valence-electron chi connectivity index (χ3n) is 5.99. The average Bonchev–Trinajstić information content (AvgIpc) is 3.24. The van der Waals surface area contributed by atoms with E-state index in [1.165, 1.54) is 0 Å². The van der Waals surface area contributed by atoms with Gasteiger partial charge in [-0.3, -0.25) is 9.36 Å². The van der Waals surface area contributed by atoms with Gasteiger partial charge in [-0.1, -0.05) is 61.0 Å². The van der Waals surface area contributed by atoms with E-state index in [4.69, 9.17) is 16.6 Å². The zero-order valence-electron chi connectivity index (χ0n) is 17.9. The zero-order valence-corrected chi connectivity index (χ0v) is 18.7. The highest BCUT2D eigenvalue weighted by Gasteiger charge is 2.25. The molecule has 2 aromatic heterocycles. The van der Waals surface area contributed by atoms with Gasteiger partial charge in [-0.2, -0.15) is 0 Å². The predicted octanol–water partition coefficient (Wildman–Crippen LogP) is 4.80. The molecule has 0 aliphatic carbocycles. The molecule has 0 unspecified atom stereocenters. The number of anilines is 1. The number of amides is 1. The van der Waals surface area contributed by atoms with Gasteiger partial charge in [0.1, 0.15) is 12.1 Å². The number of benzene rings is 2. The van der Waals surface area contributed by atoms with Gasteiger partial charge in [-0.25, -0.2) is 9.97 Å². The Morgan fingerprint density at radius 1 is 0.969 bits per heavy atom. The Hall–Kier alpha value is -3.38. The highest BCUT2D eigenvalue weighted by Crippen LogP contribution is 2.38. The van der Waals surface area contributed by atoms with E-state index in [1.54, 1.807) is 6.33 Å². The standard InChI is InChI=1S/C25H24ClN5O/c1-2-22(32)29-12-14-30(15-13-29)24-23-19(18-8-4-3-5-9-18)16-31(25(23)28-17-27-24)21-11-7-6-10-20(21)26/h3-11,16-17H,2,12-15H2,1H3. The fourth-order valence-corrected chi connectivity index (χ4v) is 4.57. The molecule has 1 fully saturated rings. The molecular formula is C25H24ClN5O. The van der Waals surface area contributed by atoms with Gasteiger partial charge < -0.3 is 9.80 Å². The first kappa shape index (κ1) is 20.5. The normalized spacial score (nSPS) is 14.2. The first-order chi connectivity index (χ1) is 15.7. The average molecular weight is 446 g/mol. The number of fused-ring (bicyclic) bond motifs is 1. The largest absolute Gasteiger partial charge is 0.352 e. The number of halogens is 1. The number of rotatable bonds is 4. The fourth-order valence-electron chi connectivity index (χ4n) is 4.34. The highest BCUT2D eigenvalue weighted by molar-refractivity contribution is 6.32. The van der Waals surface area contributed by atoms with Gasteiger partial charge >= 0.3 is 0 Å². The van der Waals surface area contributed by atoms with E-state index < -0.39 is 0 Å². The molecular weight excluding hydrogens is 422 g/mol. The van der Waals surface area contributed by atoms with E-state index in [9.17, 15) is 4.79 Å². The molecule has 7 heteroatoms. The lowest BCUT2D eigenvalue weighted by Gasteiger charge is -2.35. The molecule has 0 saturated carbocycles. The molecule has 4 aromatic rings. The van der Waals surface area contributed by atoms with Gasteiger partial charge in [0.05, 0.1) is 16.1 Å². The smallest absolute Gasteiger partial charge is 0.222 e. The maximum atomic E-state index is 12.1. The summed E-state index contributed by atoms with van der Waals surface area (Å²) in [7, 11) is 0. The van der Waals surface area contributed by atoms with Crippen molar-refractivity contribution in [3.8, 4) is 16.8 Å². The first-order valence-electron chi connectivity index (χ1n) is 10.9. The molecule has 2 aromatic carbocycles. The molecule has 5 rings (SSSR count). The number of para-hydroxylation sites is 1. The summed E-state index contributed by atoms with van der Waals surface area (Å²) >= 11 is 6.55. The fraction of sp³-hybridized carbons (Fsp3) is 0.240. The second-order valence-electron chi connectivity index (χ2n) is 7.85. The molecule has 0 radical (unpaired) electrons. The Balaban J connectivity index is 1.66. The lowest BCUT2D eigenvalue weighted by Crippen LogP contribution is -2.48. The summed E-state index contributed by atoms with van der Waals surface area (Å²) in [4.78, 5) is 25.7. The Bertz CT molecular complexity index is 1260. The van der Waals surface area contributed by atoms with Crippen molar-refractivity contribution in [1.82, 2.24) is 19.4 Å². The number of carbonyl (C=O) groups excluding carboxylic acids is 1. The molecule has 1 amide bonds. The molecule has 0 spiro atoms. The van der Waals surface area contributed by atoms with Crippen LogP contribution in [0.2, 0.25) is 5.02 Å². The maximum absolute atomic E-state index is 12.1. The zero-order chi connectivity index (χ0) is 22.1. The monoisotopic (exact) mass is 445 g/mol. The lowest BCUT2D eigenvalue weighted by atomic mass is 10.1. The predicted molar refractivity (Wildman–Crippen MR) is 128 cm³/mol. The number of carbonyl (C=O) groups is 1. The van der Waals surface area contributed by atoms with Crippen molar-refractivity contribution in [3.63, 3.8) is 0 Å². The number of hydrogen-bond acceptors (Lipinski definition) is 4. The highest BCUT2D eigenvalue weighted by atomic mass is 35.5. The van der Waals surface area contributed by atoms with Crippen molar-refractivity contribution in [2.45, 2.75) is 13.3 Å². The van der Waals surface area contributed by atoms with Gasteiger partial charge in [-0.15, -0.1) is 0 Å². The SMILES string of the molecule is CCC(=O)N1CCN(c2ncnc3c2c(-c2ccccc2)cn3-c2ccccc2Cl)CC1. The minimum Gasteiger partial charge on any atom is -0.352 e.